The first-order valence-electron chi connectivity index (χ1n) is 6.93. The van der Waals surface area contributed by atoms with Gasteiger partial charge in [-0.2, -0.15) is 11.8 Å². The second-order valence-electron chi connectivity index (χ2n) is 4.79. The van der Waals surface area contributed by atoms with E-state index < -0.39 is 0 Å². The molecular formula is C15H15ClN2O2S2. The highest BCUT2D eigenvalue weighted by Crippen LogP contribution is 2.26. The Balaban J connectivity index is 1.45. The smallest absolute Gasteiger partial charge is 0.255 e. The van der Waals surface area contributed by atoms with Gasteiger partial charge in [0.2, 0.25) is 0 Å². The van der Waals surface area contributed by atoms with E-state index in [1.807, 2.05) is 24.3 Å². The number of benzene rings is 1. The molecule has 22 heavy (non-hydrogen) atoms. The van der Waals surface area contributed by atoms with Crippen molar-refractivity contribution in [1.82, 2.24) is 9.97 Å². The summed E-state index contributed by atoms with van der Waals surface area (Å²) in [6, 6.07) is 7.32. The number of hydrogen-bond donors (Lipinski definition) is 1. The Hall–Kier alpha value is -1.11. The van der Waals surface area contributed by atoms with E-state index in [2.05, 4.69) is 9.97 Å². The minimum absolute atomic E-state index is 0.00918. The standard InChI is InChI=1S/C15H15ClN2O2S2/c16-10-2-4-11(5-3-10)20-6-1-7-22-15-17-13-9-21-8-12(13)14(19)18-15/h2-5H,1,6-9H2,(H,17,18,19). The monoisotopic (exact) mass is 354 g/mol. The average Bonchev–Trinajstić information content (AvgIpc) is 2.98. The highest BCUT2D eigenvalue weighted by Gasteiger charge is 2.17. The summed E-state index contributed by atoms with van der Waals surface area (Å²) in [5, 5.41) is 1.41. The van der Waals surface area contributed by atoms with Crippen molar-refractivity contribution < 1.29 is 4.74 Å². The molecule has 1 N–H and O–H groups in total. The van der Waals surface area contributed by atoms with Crippen LogP contribution >= 0.6 is 35.1 Å². The van der Waals surface area contributed by atoms with Crippen molar-refractivity contribution in [3.8, 4) is 5.75 Å². The van der Waals surface area contributed by atoms with Gasteiger partial charge in [0.25, 0.3) is 5.56 Å². The molecule has 116 valence electrons. The van der Waals surface area contributed by atoms with Gasteiger partial charge in [-0.15, -0.1) is 0 Å². The third-order valence-electron chi connectivity index (χ3n) is 3.17. The van der Waals surface area contributed by atoms with E-state index in [1.54, 1.807) is 23.5 Å². The first-order valence-corrected chi connectivity index (χ1v) is 9.45. The van der Waals surface area contributed by atoms with Gasteiger partial charge in [0.15, 0.2) is 5.16 Å². The van der Waals surface area contributed by atoms with E-state index >= 15 is 0 Å². The molecule has 3 rings (SSSR count). The lowest BCUT2D eigenvalue weighted by Gasteiger charge is -2.06. The topological polar surface area (TPSA) is 55.0 Å². The maximum Gasteiger partial charge on any atom is 0.255 e. The lowest BCUT2D eigenvalue weighted by Crippen LogP contribution is -2.15. The number of halogens is 1. The normalized spacial score (nSPS) is 13.1. The predicted molar refractivity (Wildman–Crippen MR) is 92.1 cm³/mol. The number of fused-ring (bicyclic) bond motifs is 1. The lowest BCUT2D eigenvalue weighted by molar-refractivity contribution is 0.318. The van der Waals surface area contributed by atoms with Crippen LogP contribution in [0.1, 0.15) is 17.7 Å². The zero-order valence-electron chi connectivity index (χ0n) is 11.8. The van der Waals surface area contributed by atoms with Crippen LogP contribution in [0.15, 0.2) is 34.2 Å². The van der Waals surface area contributed by atoms with Gasteiger partial charge in [-0.1, -0.05) is 23.4 Å². The van der Waals surface area contributed by atoms with Crippen molar-refractivity contribution in [3.05, 3.63) is 50.9 Å². The second kappa shape index (κ2) is 7.44. The number of ether oxygens (including phenoxy) is 1. The first-order chi connectivity index (χ1) is 10.7. The Morgan fingerprint density at radius 2 is 2.14 bits per heavy atom. The van der Waals surface area contributed by atoms with Crippen LogP contribution in [0.3, 0.4) is 0 Å². The van der Waals surface area contributed by atoms with E-state index in [1.165, 1.54) is 0 Å². The molecule has 0 amide bonds. The van der Waals surface area contributed by atoms with E-state index in [4.69, 9.17) is 16.3 Å². The maximum atomic E-state index is 11.9. The molecule has 2 heterocycles. The second-order valence-corrected chi connectivity index (χ2v) is 7.30. The molecule has 2 aromatic rings. The third kappa shape index (κ3) is 4.00. The zero-order chi connectivity index (χ0) is 15.4. The van der Waals surface area contributed by atoms with Gasteiger partial charge in [-0.05, 0) is 30.7 Å². The lowest BCUT2D eigenvalue weighted by atomic mass is 10.3. The number of aromatic nitrogens is 2. The van der Waals surface area contributed by atoms with Gasteiger partial charge in [0, 0.05) is 27.8 Å². The Morgan fingerprint density at radius 1 is 1.32 bits per heavy atom. The summed E-state index contributed by atoms with van der Waals surface area (Å²) < 4.78 is 5.63. The van der Waals surface area contributed by atoms with Gasteiger partial charge in [0.1, 0.15) is 5.75 Å². The molecule has 0 unspecified atom stereocenters. The summed E-state index contributed by atoms with van der Waals surface area (Å²) in [6.07, 6.45) is 0.878. The van der Waals surface area contributed by atoms with Crippen LogP contribution in [0.5, 0.6) is 5.75 Å². The summed E-state index contributed by atoms with van der Waals surface area (Å²) in [6.45, 7) is 0.625. The Morgan fingerprint density at radius 3 is 2.95 bits per heavy atom. The van der Waals surface area contributed by atoms with Gasteiger partial charge < -0.3 is 9.72 Å². The van der Waals surface area contributed by atoms with Crippen LogP contribution in [0.25, 0.3) is 0 Å². The quantitative estimate of drug-likeness (QED) is 0.486. The van der Waals surface area contributed by atoms with Crippen LogP contribution in [-0.2, 0) is 11.5 Å². The predicted octanol–water partition coefficient (Wildman–Crippen LogP) is 3.73. The van der Waals surface area contributed by atoms with Crippen molar-refractivity contribution >= 4 is 35.1 Å². The molecule has 4 nitrogen and oxygen atoms in total. The highest BCUT2D eigenvalue weighted by molar-refractivity contribution is 7.99. The number of nitrogens with one attached hydrogen (secondary N) is 1. The molecule has 0 atom stereocenters. The summed E-state index contributed by atoms with van der Waals surface area (Å²) in [4.78, 5) is 19.2. The molecule has 0 aliphatic carbocycles. The maximum absolute atomic E-state index is 11.9. The molecule has 0 bridgehead atoms. The van der Waals surface area contributed by atoms with Gasteiger partial charge in [0.05, 0.1) is 12.3 Å². The van der Waals surface area contributed by atoms with Crippen LogP contribution in [0.4, 0.5) is 0 Å². The molecular weight excluding hydrogens is 340 g/mol. The Labute approximate surface area is 142 Å². The number of hydrogen-bond acceptors (Lipinski definition) is 5. The van der Waals surface area contributed by atoms with Gasteiger partial charge in [-0.25, -0.2) is 4.98 Å². The minimum Gasteiger partial charge on any atom is -0.494 e. The van der Waals surface area contributed by atoms with Gasteiger partial charge >= 0.3 is 0 Å². The van der Waals surface area contributed by atoms with Crippen molar-refractivity contribution in [2.45, 2.75) is 23.1 Å². The number of nitrogens with zero attached hydrogens (tertiary/aromatic N) is 1. The summed E-state index contributed by atoms with van der Waals surface area (Å²) in [5.74, 6) is 3.28. The fourth-order valence-corrected chi connectivity index (χ4v) is 4.01. The van der Waals surface area contributed by atoms with Crippen LogP contribution < -0.4 is 10.3 Å². The molecule has 1 aromatic heterocycles. The average molecular weight is 355 g/mol. The summed E-state index contributed by atoms with van der Waals surface area (Å²) in [5.41, 5.74) is 1.78. The highest BCUT2D eigenvalue weighted by atomic mass is 35.5. The number of thioether (sulfide) groups is 2. The van der Waals surface area contributed by atoms with E-state index in [-0.39, 0.29) is 5.56 Å². The van der Waals surface area contributed by atoms with Crippen molar-refractivity contribution in [3.63, 3.8) is 0 Å². The number of rotatable bonds is 6. The fraction of sp³-hybridized carbons (Fsp3) is 0.333. The van der Waals surface area contributed by atoms with E-state index in [0.717, 1.165) is 40.7 Å². The third-order valence-corrected chi connectivity index (χ3v) is 5.36. The van der Waals surface area contributed by atoms with Gasteiger partial charge in [-0.3, -0.25) is 4.79 Å². The summed E-state index contributed by atoms with van der Waals surface area (Å²) in [7, 11) is 0. The van der Waals surface area contributed by atoms with Crippen molar-refractivity contribution in [2.75, 3.05) is 12.4 Å². The summed E-state index contributed by atoms with van der Waals surface area (Å²) >= 11 is 9.12. The molecule has 0 spiro atoms. The number of aromatic amines is 1. The molecule has 1 aromatic carbocycles. The largest absolute Gasteiger partial charge is 0.494 e. The zero-order valence-corrected chi connectivity index (χ0v) is 14.2. The van der Waals surface area contributed by atoms with E-state index in [9.17, 15) is 4.79 Å². The fourth-order valence-electron chi connectivity index (χ4n) is 2.06. The van der Waals surface area contributed by atoms with Crippen LogP contribution in [0, 0.1) is 0 Å². The molecule has 1 aliphatic rings. The van der Waals surface area contributed by atoms with E-state index in [0.29, 0.717) is 16.8 Å². The minimum atomic E-state index is 0.00918. The number of H-pyrrole nitrogens is 1. The molecule has 1 aliphatic heterocycles. The molecule has 0 saturated carbocycles. The molecule has 7 heteroatoms. The van der Waals surface area contributed by atoms with Crippen LogP contribution in [-0.4, -0.2) is 22.3 Å². The van der Waals surface area contributed by atoms with Crippen molar-refractivity contribution in [2.24, 2.45) is 0 Å². The Kier molecular flexibility index (Phi) is 5.33. The van der Waals surface area contributed by atoms with Crippen LogP contribution in [0.2, 0.25) is 5.02 Å². The molecule has 0 radical (unpaired) electrons. The van der Waals surface area contributed by atoms with Crippen molar-refractivity contribution in [1.29, 1.82) is 0 Å². The molecule has 0 saturated heterocycles. The SMILES string of the molecule is O=c1[nH]c(SCCCOc2ccc(Cl)cc2)nc2c1CSC2. The Bertz CT molecular complexity index is 704. The first kappa shape index (κ1) is 15.8. The molecule has 0 fully saturated rings.